The number of nitrogens with one attached hydrogen (secondary N) is 1. The molecule has 0 amide bonds. The predicted molar refractivity (Wildman–Crippen MR) is 143 cm³/mol. The molecule has 1 atom stereocenters. The van der Waals surface area contributed by atoms with Crippen molar-refractivity contribution in [3.05, 3.63) is 76.0 Å². The van der Waals surface area contributed by atoms with Gasteiger partial charge in [0, 0.05) is 15.6 Å². The zero-order chi connectivity index (χ0) is 25.0. The largest absolute Gasteiger partial charge is 0.694 e. The zero-order valence-corrected chi connectivity index (χ0v) is 22.8. The quantitative estimate of drug-likeness (QED) is 0.152. The van der Waals surface area contributed by atoms with Crippen molar-refractivity contribution in [3.8, 4) is 17.1 Å². The summed E-state index contributed by atoms with van der Waals surface area (Å²) in [6.07, 6.45) is 5.26. The van der Waals surface area contributed by atoms with Gasteiger partial charge >= 0.3 is 8.25 Å². The van der Waals surface area contributed by atoms with Crippen LogP contribution >= 0.6 is 24.2 Å². The fraction of sp³-hybridized carbons (Fsp3) is 0.407. The molecule has 0 saturated heterocycles. The average Bonchev–Trinajstić information content (AvgIpc) is 3.35. The number of furan rings is 1. The van der Waals surface area contributed by atoms with Gasteiger partial charge < -0.3 is 14.5 Å². The number of hydrogen-bond acceptors (Lipinski definition) is 5. The lowest BCUT2D eigenvalue weighted by Gasteiger charge is -2.13. The summed E-state index contributed by atoms with van der Waals surface area (Å²) in [4.78, 5) is 8.66. The van der Waals surface area contributed by atoms with E-state index in [-0.39, 0.29) is 6.61 Å². The van der Waals surface area contributed by atoms with Gasteiger partial charge in [0.25, 0.3) is 0 Å². The number of benzene rings is 2. The molecule has 3 aromatic rings. The summed E-state index contributed by atoms with van der Waals surface area (Å²) in [6, 6.07) is 16.6. The fourth-order valence-corrected chi connectivity index (χ4v) is 4.69. The Bertz CT molecular complexity index is 1070. The first-order valence-corrected chi connectivity index (χ1v) is 13.9. The van der Waals surface area contributed by atoms with Crippen molar-refractivity contribution in [1.29, 1.82) is 0 Å². The van der Waals surface area contributed by atoms with Gasteiger partial charge in [0.15, 0.2) is 0 Å². The van der Waals surface area contributed by atoms with E-state index in [0.717, 1.165) is 41.9 Å². The lowest BCUT2D eigenvalue weighted by Crippen LogP contribution is -2.16. The van der Waals surface area contributed by atoms with Crippen LogP contribution in [0.25, 0.3) is 11.3 Å². The van der Waals surface area contributed by atoms with E-state index in [1.807, 2.05) is 24.3 Å². The first-order valence-electron chi connectivity index (χ1n) is 12.0. The minimum absolute atomic E-state index is 0.252. The summed E-state index contributed by atoms with van der Waals surface area (Å²) in [6.45, 7) is 6.69. The van der Waals surface area contributed by atoms with Crippen LogP contribution in [0.3, 0.4) is 0 Å². The standard InChI is InChI=1S/C27H33BrNO5P/c1-20(2)16-23-10-8-21(18-25(23)28)6-3-13-33-27-11-9-22(17-24(27)26-7-4-14-32-26)19-29-12-5-15-34-35(30)31/h4,7-11,14,17-18,20,29H,3,5-6,12-13,15-16,19H2,1-2H3/p+1. The highest BCUT2D eigenvalue weighted by atomic mass is 79.9. The van der Waals surface area contributed by atoms with Crippen LogP contribution in [0, 0.1) is 5.92 Å². The number of rotatable bonds is 15. The van der Waals surface area contributed by atoms with E-state index in [0.29, 0.717) is 32.0 Å². The van der Waals surface area contributed by atoms with Crippen LogP contribution in [-0.4, -0.2) is 24.7 Å². The Morgan fingerprint density at radius 3 is 2.63 bits per heavy atom. The molecule has 188 valence electrons. The van der Waals surface area contributed by atoms with Gasteiger partial charge in [-0.1, -0.05) is 48.0 Å². The molecule has 0 bridgehead atoms. The fourth-order valence-electron chi connectivity index (χ4n) is 3.82. The third kappa shape index (κ3) is 9.51. The van der Waals surface area contributed by atoms with Crippen molar-refractivity contribution in [1.82, 2.24) is 5.32 Å². The molecular formula is C27H34BrNO5P+. The van der Waals surface area contributed by atoms with E-state index in [1.54, 1.807) is 6.26 Å². The molecule has 1 unspecified atom stereocenters. The van der Waals surface area contributed by atoms with Crippen molar-refractivity contribution in [2.45, 2.75) is 46.1 Å². The monoisotopic (exact) mass is 562 g/mol. The number of halogens is 1. The Morgan fingerprint density at radius 2 is 1.91 bits per heavy atom. The van der Waals surface area contributed by atoms with E-state index < -0.39 is 8.25 Å². The molecule has 35 heavy (non-hydrogen) atoms. The summed E-state index contributed by atoms with van der Waals surface area (Å²) < 4.78 is 28.2. The maximum atomic E-state index is 10.5. The van der Waals surface area contributed by atoms with Crippen LogP contribution in [0.5, 0.6) is 5.75 Å². The van der Waals surface area contributed by atoms with E-state index in [2.05, 4.69) is 63.9 Å². The Hall–Kier alpha value is -2.02. The molecular weight excluding hydrogens is 529 g/mol. The zero-order valence-electron chi connectivity index (χ0n) is 20.3. The Morgan fingerprint density at radius 1 is 1.09 bits per heavy atom. The van der Waals surface area contributed by atoms with Crippen molar-refractivity contribution in [2.75, 3.05) is 19.8 Å². The van der Waals surface area contributed by atoms with Crippen LogP contribution in [-0.2, 0) is 28.5 Å². The number of ether oxygens (including phenoxy) is 1. The number of aryl methyl sites for hydroxylation is 1. The Labute approximate surface area is 217 Å². The minimum Gasteiger partial charge on any atom is -0.493 e. The SMILES string of the molecule is CC(C)Cc1ccc(CCCOc2ccc(CNCCCO[P+](=O)O)cc2-c2ccco2)cc1Br. The van der Waals surface area contributed by atoms with Gasteiger partial charge in [0.2, 0.25) is 0 Å². The highest BCUT2D eigenvalue weighted by Crippen LogP contribution is 2.32. The molecule has 0 aliphatic heterocycles. The van der Waals surface area contributed by atoms with Crippen LogP contribution in [0.4, 0.5) is 0 Å². The molecule has 0 radical (unpaired) electrons. The maximum absolute atomic E-state index is 10.5. The van der Waals surface area contributed by atoms with Gasteiger partial charge in [0.1, 0.15) is 18.1 Å². The van der Waals surface area contributed by atoms with Crippen molar-refractivity contribution >= 4 is 24.2 Å². The second-order valence-corrected chi connectivity index (χ2v) is 10.5. The first kappa shape index (κ1) is 27.6. The second kappa shape index (κ2) is 14.5. The summed E-state index contributed by atoms with van der Waals surface area (Å²) in [5.74, 6) is 2.21. The average molecular weight is 563 g/mol. The molecule has 3 rings (SSSR count). The summed E-state index contributed by atoms with van der Waals surface area (Å²) in [7, 11) is -2.52. The molecule has 2 N–H and O–H groups in total. The third-order valence-electron chi connectivity index (χ3n) is 5.47. The van der Waals surface area contributed by atoms with Gasteiger partial charge in [-0.2, -0.15) is 0 Å². The summed E-state index contributed by atoms with van der Waals surface area (Å²) in [5, 5.41) is 3.32. The van der Waals surface area contributed by atoms with E-state index in [4.69, 9.17) is 14.0 Å². The number of hydrogen-bond donors (Lipinski definition) is 2. The molecule has 0 aliphatic carbocycles. The molecule has 0 saturated carbocycles. The van der Waals surface area contributed by atoms with Gasteiger partial charge in [0.05, 0.1) is 18.4 Å². The Balaban J connectivity index is 1.53. The molecule has 1 heterocycles. The van der Waals surface area contributed by atoms with Gasteiger partial charge in [-0.15, -0.1) is 9.42 Å². The van der Waals surface area contributed by atoms with Crippen LogP contribution < -0.4 is 10.1 Å². The Kier molecular flexibility index (Phi) is 11.4. The topological polar surface area (TPSA) is 80.9 Å². The molecule has 6 nitrogen and oxygen atoms in total. The summed E-state index contributed by atoms with van der Waals surface area (Å²) >= 11 is 3.72. The van der Waals surface area contributed by atoms with Crippen molar-refractivity contribution in [3.63, 3.8) is 0 Å². The molecule has 0 spiro atoms. The molecule has 8 heteroatoms. The third-order valence-corrected chi connectivity index (χ3v) is 6.61. The summed E-state index contributed by atoms with van der Waals surface area (Å²) in [5.41, 5.74) is 4.69. The van der Waals surface area contributed by atoms with Gasteiger partial charge in [-0.05, 0) is 85.2 Å². The highest BCUT2D eigenvalue weighted by Gasteiger charge is 2.12. The van der Waals surface area contributed by atoms with Crippen molar-refractivity contribution < 1.29 is 23.1 Å². The molecule has 2 aromatic carbocycles. The van der Waals surface area contributed by atoms with Crippen LogP contribution in [0.1, 0.15) is 43.4 Å². The second-order valence-electron chi connectivity index (χ2n) is 8.88. The van der Waals surface area contributed by atoms with E-state index in [9.17, 15) is 4.57 Å². The van der Waals surface area contributed by atoms with E-state index in [1.165, 1.54) is 15.6 Å². The van der Waals surface area contributed by atoms with E-state index >= 15 is 0 Å². The van der Waals surface area contributed by atoms with Crippen LogP contribution in [0.2, 0.25) is 0 Å². The molecule has 0 aliphatic rings. The minimum atomic E-state index is -2.52. The maximum Gasteiger partial charge on any atom is 0.694 e. The predicted octanol–water partition coefficient (Wildman–Crippen LogP) is 7.07. The van der Waals surface area contributed by atoms with Gasteiger partial charge in [-0.25, -0.2) is 0 Å². The lowest BCUT2D eigenvalue weighted by atomic mass is 10.0. The molecule has 1 aromatic heterocycles. The lowest BCUT2D eigenvalue weighted by molar-refractivity contribution is 0.276. The first-order chi connectivity index (χ1) is 16.9. The van der Waals surface area contributed by atoms with Crippen molar-refractivity contribution in [2.24, 2.45) is 5.92 Å². The smallest absolute Gasteiger partial charge is 0.493 e. The normalized spacial score (nSPS) is 11.7. The van der Waals surface area contributed by atoms with Gasteiger partial charge in [-0.3, -0.25) is 0 Å². The molecule has 0 fully saturated rings. The van der Waals surface area contributed by atoms with Crippen LogP contribution in [0.15, 0.2) is 63.7 Å². The highest BCUT2D eigenvalue weighted by molar-refractivity contribution is 9.10.